The highest BCUT2D eigenvalue weighted by molar-refractivity contribution is 6.31. The normalized spacial score (nSPS) is 11.0. The van der Waals surface area contributed by atoms with Crippen molar-refractivity contribution in [3.63, 3.8) is 0 Å². The molecular weight excluding hydrogens is 412 g/mol. The molecule has 10 heteroatoms. The Morgan fingerprint density at radius 3 is 2.77 bits per heavy atom. The van der Waals surface area contributed by atoms with Crippen LogP contribution < -0.4 is 0 Å². The first kappa shape index (κ1) is 21.7. The molecule has 0 radical (unpaired) electrons. The lowest BCUT2D eigenvalue weighted by molar-refractivity contribution is -0.138. The number of rotatable bonds is 9. The van der Waals surface area contributed by atoms with Gasteiger partial charge in [0.25, 0.3) is 5.91 Å². The first-order valence-corrected chi connectivity index (χ1v) is 9.52. The molecule has 0 unspecified atom stereocenters. The van der Waals surface area contributed by atoms with E-state index in [0.717, 1.165) is 16.1 Å². The van der Waals surface area contributed by atoms with E-state index < -0.39 is 11.9 Å². The average molecular weight is 433 g/mol. The standard InChI is InChI=1S/C20H21ClN4O5/c1-29-12-18-15(20(28)24(30-2)9-3-4-19(26)27)11-23-25(18)17-7-8-22-16-10-13(21)5-6-14(16)17/h5-8,10-11H,3-4,9,12H2,1-2H3,(H,26,27). The van der Waals surface area contributed by atoms with Crippen LogP contribution in [0.4, 0.5) is 0 Å². The summed E-state index contributed by atoms with van der Waals surface area (Å²) in [5.41, 5.74) is 2.25. The van der Waals surface area contributed by atoms with Crippen molar-refractivity contribution in [2.24, 2.45) is 0 Å². The van der Waals surface area contributed by atoms with E-state index in [1.165, 1.54) is 20.4 Å². The Hall–Kier alpha value is -3.01. The number of methoxy groups -OCH3 is 1. The summed E-state index contributed by atoms with van der Waals surface area (Å²) in [6, 6.07) is 7.14. The number of hydrogen-bond acceptors (Lipinski definition) is 6. The summed E-state index contributed by atoms with van der Waals surface area (Å²) >= 11 is 6.07. The minimum Gasteiger partial charge on any atom is -0.481 e. The molecule has 158 valence electrons. The minimum absolute atomic E-state index is 0.0666. The molecule has 0 aliphatic rings. The number of carbonyl (C=O) groups excluding carboxylic acids is 1. The van der Waals surface area contributed by atoms with Crippen LogP contribution in [0.25, 0.3) is 16.6 Å². The van der Waals surface area contributed by atoms with E-state index in [2.05, 4.69) is 10.1 Å². The zero-order valence-corrected chi connectivity index (χ0v) is 17.3. The summed E-state index contributed by atoms with van der Waals surface area (Å²) in [4.78, 5) is 33.3. The molecule has 0 aliphatic carbocycles. The van der Waals surface area contributed by atoms with Crippen LogP contribution in [0.5, 0.6) is 0 Å². The Morgan fingerprint density at radius 2 is 2.07 bits per heavy atom. The van der Waals surface area contributed by atoms with E-state index in [1.807, 2.05) is 6.07 Å². The van der Waals surface area contributed by atoms with Crippen LogP contribution in [0.15, 0.2) is 36.7 Å². The maximum absolute atomic E-state index is 13.0. The number of carboxylic acid groups (broad SMARTS) is 1. The third-order valence-electron chi connectivity index (χ3n) is 4.49. The number of aromatic nitrogens is 3. The number of pyridine rings is 1. The molecule has 3 rings (SSSR count). The SMILES string of the molecule is COCc1c(C(=O)N(CCCC(=O)O)OC)cnn1-c1ccnc2cc(Cl)ccc12. The highest BCUT2D eigenvalue weighted by Crippen LogP contribution is 2.26. The maximum Gasteiger partial charge on any atom is 0.303 e. The van der Waals surface area contributed by atoms with Gasteiger partial charge in [0, 0.05) is 36.7 Å². The smallest absolute Gasteiger partial charge is 0.303 e. The van der Waals surface area contributed by atoms with Gasteiger partial charge >= 0.3 is 5.97 Å². The van der Waals surface area contributed by atoms with Crippen LogP contribution in [0.3, 0.4) is 0 Å². The van der Waals surface area contributed by atoms with Crippen LogP contribution in [-0.2, 0) is 21.0 Å². The predicted octanol–water partition coefficient (Wildman–Crippen LogP) is 3.09. The van der Waals surface area contributed by atoms with Crippen molar-refractivity contribution in [3.8, 4) is 5.69 Å². The predicted molar refractivity (Wildman–Crippen MR) is 110 cm³/mol. The van der Waals surface area contributed by atoms with Gasteiger partial charge in [0.1, 0.15) is 0 Å². The Kier molecular flexibility index (Phi) is 6.99. The number of hydrogen-bond donors (Lipinski definition) is 1. The van der Waals surface area contributed by atoms with Crippen LogP contribution in [-0.4, -0.2) is 57.6 Å². The van der Waals surface area contributed by atoms with E-state index in [1.54, 1.807) is 29.1 Å². The quantitative estimate of drug-likeness (QED) is 0.518. The number of nitrogens with zero attached hydrogens (tertiary/aromatic N) is 4. The number of ether oxygens (including phenoxy) is 1. The first-order chi connectivity index (χ1) is 14.5. The lowest BCUT2D eigenvalue weighted by Gasteiger charge is -2.19. The van der Waals surface area contributed by atoms with Crippen molar-refractivity contribution in [2.45, 2.75) is 19.4 Å². The molecule has 0 fully saturated rings. The summed E-state index contributed by atoms with van der Waals surface area (Å²) in [5, 5.41) is 15.7. The maximum atomic E-state index is 13.0. The van der Waals surface area contributed by atoms with Gasteiger partial charge in [-0.25, -0.2) is 9.75 Å². The number of carboxylic acids is 1. The topological polar surface area (TPSA) is 107 Å². The molecule has 0 spiro atoms. The summed E-state index contributed by atoms with van der Waals surface area (Å²) in [7, 11) is 2.89. The zero-order chi connectivity index (χ0) is 21.7. The van der Waals surface area contributed by atoms with Gasteiger partial charge in [-0.3, -0.25) is 19.4 Å². The van der Waals surface area contributed by atoms with Crippen molar-refractivity contribution >= 4 is 34.4 Å². The molecule has 2 aromatic heterocycles. The van der Waals surface area contributed by atoms with Gasteiger partial charge in [-0.2, -0.15) is 5.10 Å². The molecule has 3 aromatic rings. The Bertz CT molecular complexity index is 1070. The molecule has 1 N–H and O–H groups in total. The lowest BCUT2D eigenvalue weighted by atomic mass is 10.1. The molecule has 1 aromatic carbocycles. The van der Waals surface area contributed by atoms with Crippen LogP contribution in [0, 0.1) is 0 Å². The molecule has 30 heavy (non-hydrogen) atoms. The van der Waals surface area contributed by atoms with E-state index in [-0.39, 0.29) is 26.0 Å². The molecule has 0 bridgehead atoms. The Labute approximate surface area is 177 Å². The van der Waals surface area contributed by atoms with Crippen molar-refractivity contribution < 1.29 is 24.3 Å². The van der Waals surface area contributed by atoms with Crippen molar-refractivity contribution in [1.82, 2.24) is 19.8 Å². The van der Waals surface area contributed by atoms with Gasteiger partial charge in [-0.05, 0) is 30.7 Å². The van der Waals surface area contributed by atoms with Crippen LogP contribution >= 0.6 is 11.6 Å². The summed E-state index contributed by atoms with van der Waals surface area (Å²) in [5.74, 6) is -1.36. The average Bonchev–Trinajstić information content (AvgIpc) is 3.13. The molecule has 0 saturated carbocycles. The van der Waals surface area contributed by atoms with E-state index in [0.29, 0.717) is 21.8 Å². The van der Waals surface area contributed by atoms with Crippen molar-refractivity contribution in [1.29, 1.82) is 0 Å². The molecule has 0 saturated heterocycles. The fourth-order valence-corrected chi connectivity index (χ4v) is 3.28. The van der Waals surface area contributed by atoms with Gasteiger partial charge in [0.15, 0.2) is 0 Å². The number of fused-ring (bicyclic) bond motifs is 1. The van der Waals surface area contributed by atoms with E-state index in [4.69, 9.17) is 26.3 Å². The largest absolute Gasteiger partial charge is 0.481 e. The first-order valence-electron chi connectivity index (χ1n) is 9.14. The number of amides is 1. The second-order valence-corrected chi connectivity index (χ2v) is 6.86. The summed E-state index contributed by atoms with van der Waals surface area (Å²) < 4.78 is 6.93. The highest BCUT2D eigenvalue weighted by Gasteiger charge is 2.24. The molecule has 1 amide bonds. The van der Waals surface area contributed by atoms with E-state index in [9.17, 15) is 9.59 Å². The number of halogens is 1. The van der Waals surface area contributed by atoms with Crippen molar-refractivity contribution in [3.05, 3.63) is 52.9 Å². The Morgan fingerprint density at radius 1 is 1.27 bits per heavy atom. The molecule has 0 atom stereocenters. The summed E-state index contributed by atoms with van der Waals surface area (Å²) in [6.45, 7) is 0.265. The highest BCUT2D eigenvalue weighted by atomic mass is 35.5. The molecule has 9 nitrogen and oxygen atoms in total. The molecule has 2 heterocycles. The van der Waals surface area contributed by atoms with Gasteiger partial charge in [0.05, 0.1) is 42.4 Å². The monoisotopic (exact) mass is 432 g/mol. The fourth-order valence-electron chi connectivity index (χ4n) is 3.11. The minimum atomic E-state index is -0.934. The second kappa shape index (κ2) is 9.66. The zero-order valence-electron chi connectivity index (χ0n) is 16.5. The number of benzene rings is 1. The van der Waals surface area contributed by atoms with Gasteiger partial charge in [-0.15, -0.1) is 0 Å². The summed E-state index contributed by atoms with van der Waals surface area (Å²) in [6.07, 6.45) is 3.28. The van der Waals surface area contributed by atoms with Crippen LogP contribution in [0.1, 0.15) is 28.9 Å². The number of hydroxylamine groups is 2. The number of carbonyl (C=O) groups is 2. The van der Waals surface area contributed by atoms with Gasteiger partial charge < -0.3 is 9.84 Å². The third-order valence-corrected chi connectivity index (χ3v) is 4.72. The molecular formula is C20H21ClN4O5. The lowest BCUT2D eigenvalue weighted by Crippen LogP contribution is -2.32. The number of aliphatic carboxylic acids is 1. The Balaban J connectivity index is 2.00. The van der Waals surface area contributed by atoms with Gasteiger partial charge in [-0.1, -0.05) is 11.6 Å². The van der Waals surface area contributed by atoms with E-state index >= 15 is 0 Å². The van der Waals surface area contributed by atoms with Crippen LogP contribution in [0.2, 0.25) is 5.02 Å². The fraction of sp³-hybridized carbons (Fsp3) is 0.300. The van der Waals surface area contributed by atoms with Gasteiger partial charge in [0.2, 0.25) is 0 Å². The van der Waals surface area contributed by atoms with Crippen molar-refractivity contribution in [2.75, 3.05) is 20.8 Å². The second-order valence-electron chi connectivity index (χ2n) is 6.43. The molecule has 0 aliphatic heterocycles. The third kappa shape index (κ3) is 4.59.